The fourth-order valence-electron chi connectivity index (χ4n) is 4.25. The van der Waals surface area contributed by atoms with Crippen LogP contribution in [-0.4, -0.2) is 55.6 Å². The van der Waals surface area contributed by atoms with Crippen LogP contribution in [0.25, 0.3) is 16.8 Å². The first-order chi connectivity index (χ1) is 20.2. The van der Waals surface area contributed by atoms with E-state index in [4.69, 9.17) is 30.5 Å². The maximum absolute atomic E-state index is 13.1. The molecule has 0 radical (unpaired) electrons. The van der Waals surface area contributed by atoms with Gasteiger partial charge in [-0.05, 0) is 42.8 Å². The summed E-state index contributed by atoms with van der Waals surface area (Å²) in [5.41, 5.74) is 2.22. The molecule has 0 saturated heterocycles. The average molecular weight is 594 g/mol. The second-order valence-corrected chi connectivity index (χ2v) is 9.10. The molecule has 218 valence electrons. The van der Waals surface area contributed by atoms with Gasteiger partial charge < -0.3 is 34.7 Å². The van der Waals surface area contributed by atoms with Gasteiger partial charge in [0.15, 0.2) is 17.2 Å². The summed E-state index contributed by atoms with van der Waals surface area (Å²) in [6.45, 7) is 1.74. The molecule has 0 aliphatic carbocycles. The Morgan fingerprint density at radius 1 is 0.905 bits per heavy atom. The molecule has 1 aromatic heterocycles. The Hall–Kier alpha value is -5.16. The minimum atomic E-state index is -0.720. The van der Waals surface area contributed by atoms with Crippen molar-refractivity contribution in [3.05, 3.63) is 83.1 Å². The summed E-state index contributed by atoms with van der Waals surface area (Å²) >= 11 is 6.56. The number of phenolic OH excluding ortho intramolecular Hbond substituents is 1. The molecule has 2 amide bonds. The SMILES string of the molecule is CCOC(=O)c1c(NC(=O)Nc2cc(OC)cc(C(=O)OC)c2)cc(Cl)n1-c1ccc(-c2cccc(OC)c2O)cc1. The smallest absolute Gasteiger partial charge is 0.357 e. The third kappa shape index (κ3) is 6.26. The number of benzene rings is 3. The molecule has 4 rings (SSSR count). The van der Waals surface area contributed by atoms with Crippen LogP contribution in [-0.2, 0) is 9.47 Å². The van der Waals surface area contributed by atoms with Crippen molar-refractivity contribution in [1.82, 2.24) is 4.57 Å². The zero-order valence-corrected chi connectivity index (χ0v) is 23.9. The Morgan fingerprint density at radius 2 is 1.64 bits per heavy atom. The summed E-state index contributed by atoms with van der Waals surface area (Å²) in [4.78, 5) is 38.1. The zero-order valence-electron chi connectivity index (χ0n) is 23.2. The van der Waals surface area contributed by atoms with E-state index in [2.05, 4.69) is 10.6 Å². The van der Waals surface area contributed by atoms with Crippen LogP contribution >= 0.6 is 11.6 Å². The van der Waals surface area contributed by atoms with Crippen molar-refractivity contribution in [2.75, 3.05) is 38.6 Å². The van der Waals surface area contributed by atoms with Gasteiger partial charge in [-0.25, -0.2) is 14.4 Å². The van der Waals surface area contributed by atoms with E-state index in [0.717, 1.165) is 0 Å². The van der Waals surface area contributed by atoms with E-state index < -0.39 is 18.0 Å². The molecule has 11 nitrogen and oxygen atoms in total. The topological polar surface area (TPSA) is 137 Å². The number of urea groups is 1. The number of halogens is 1. The Kier molecular flexibility index (Phi) is 9.23. The molecule has 3 N–H and O–H groups in total. The minimum absolute atomic E-state index is 0.00815. The van der Waals surface area contributed by atoms with Crippen LogP contribution in [0.1, 0.15) is 27.8 Å². The number of hydrogen-bond acceptors (Lipinski definition) is 8. The van der Waals surface area contributed by atoms with Crippen LogP contribution in [0.3, 0.4) is 0 Å². The molecule has 0 aliphatic rings. The van der Waals surface area contributed by atoms with Crippen molar-refractivity contribution < 1.29 is 38.4 Å². The normalized spacial score (nSPS) is 10.5. The summed E-state index contributed by atoms with van der Waals surface area (Å²) < 4.78 is 21.9. The number of nitrogens with zero attached hydrogens (tertiary/aromatic N) is 1. The second kappa shape index (κ2) is 13.0. The average Bonchev–Trinajstić information content (AvgIpc) is 3.31. The Balaban J connectivity index is 1.67. The number of phenols is 1. The van der Waals surface area contributed by atoms with Gasteiger partial charge in [-0.2, -0.15) is 0 Å². The number of aromatic hydroxyl groups is 1. The molecule has 0 bridgehead atoms. The van der Waals surface area contributed by atoms with E-state index in [-0.39, 0.29) is 40.1 Å². The van der Waals surface area contributed by atoms with Gasteiger partial charge in [-0.3, -0.25) is 4.57 Å². The first kappa shape index (κ1) is 29.8. The zero-order chi connectivity index (χ0) is 30.4. The van der Waals surface area contributed by atoms with Crippen molar-refractivity contribution in [3.8, 4) is 34.1 Å². The molecule has 12 heteroatoms. The monoisotopic (exact) mass is 593 g/mol. The number of methoxy groups -OCH3 is 3. The van der Waals surface area contributed by atoms with Crippen LogP contribution in [0.15, 0.2) is 66.7 Å². The standard InChI is InChI=1S/C30H28ClN3O8/c1-5-42-29(37)26-23(33-30(38)32-19-13-18(28(36)41-4)14-21(15-19)39-2)16-25(31)34(26)20-11-9-17(10-12-20)22-7-6-8-24(40-3)27(22)35/h6-16,35H,5H2,1-4H3,(H2,32,33,38). The molecule has 42 heavy (non-hydrogen) atoms. The summed E-state index contributed by atoms with van der Waals surface area (Å²) in [6, 6.07) is 17.2. The summed E-state index contributed by atoms with van der Waals surface area (Å²) in [7, 11) is 4.13. The number of hydrogen-bond donors (Lipinski definition) is 3. The van der Waals surface area contributed by atoms with Gasteiger partial charge in [0.1, 0.15) is 10.9 Å². The fourth-order valence-corrected chi connectivity index (χ4v) is 4.54. The number of ether oxygens (including phenoxy) is 4. The lowest BCUT2D eigenvalue weighted by molar-refractivity contribution is 0.0517. The predicted octanol–water partition coefficient (Wildman–Crippen LogP) is 6.13. The van der Waals surface area contributed by atoms with Gasteiger partial charge in [0.05, 0.1) is 39.2 Å². The Bertz CT molecular complexity index is 1630. The molecule has 0 spiro atoms. The number of esters is 2. The van der Waals surface area contributed by atoms with Gasteiger partial charge in [0.2, 0.25) is 0 Å². The number of amides is 2. The number of carbonyl (C=O) groups excluding carboxylic acids is 3. The molecule has 4 aromatic rings. The van der Waals surface area contributed by atoms with E-state index >= 15 is 0 Å². The lowest BCUT2D eigenvalue weighted by atomic mass is 10.0. The first-order valence-electron chi connectivity index (χ1n) is 12.6. The van der Waals surface area contributed by atoms with Crippen molar-refractivity contribution >= 4 is 40.9 Å². The molecule has 0 atom stereocenters. The highest BCUT2D eigenvalue weighted by Crippen LogP contribution is 2.38. The van der Waals surface area contributed by atoms with Crippen molar-refractivity contribution in [2.24, 2.45) is 0 Å². The second-order valence-electron chi connectivity index (χ2n) is 8.71. The van der Waals surface area contributed by atoms with Crippen molar-refractivity contribution in [1.29, 1.82) is 0 Å². The van der Waals surface area contributed by atoms with Gasteiger partial charge >= 0.3 is 18.0 Å². The molecule has 1 heterocycles. The fraction of sp³-hybridized carbons (Fsp3) is 0.167. The minimum Gasteiger partial charge on any atom is -0.504 e. The molecule has 0 unspecified atom stereocenters. The summed E-state index contributed by atoms with van der Waals surface area (Å²) in [6.07, 6.45) is 0. The number of nitrogens with one attached hydrogen (secondary N) is 2. The van der Waals surface area contributed by atoms with Gasteiger partial charge in [-0.1, -0.05) is 35.9 Å². The Labute approximate surface area is 246 Å². The number of rotatable bonds is 9. The highest BCUT2D eigenvalue weighted by atomic mass is 35.5. The van der Waals surface area contributed by atoms with Crippen LogP contribution in [0.2, 0.25) is 5.15 Å². The number of para-hydroxylation sites is 1. The molecule has 0 saturated carbocycles. The maximum atomic E-state index is 13.1. The highest BCUT2D eigenvalue weighted by Gasteiger charge is 2.25. The van der Waals surface area contributed by atoms with Gasteiger partial charge in [0, 0.05) is 29.1 Å². The van der Waals surface area contributed by atoms with Crippen molar-refractivity contribution in [2.45, 2.75) is 6.92 Å². The molecular formula is C30H28ClN3O8. The molecule has 0 fully saturated rings. The van der Waals surface area contributed by atoms with E-state index in [9.17, 15) is 19.5 Å². The van der Waals surface area contributed by atoms with Crippen LogP contribution in [0, 0.1) is 0 Å². The first-order valence-corrected chi connectivity index (χ1v) is 13.0. The lowest BCUT2D eigenvalue weighted by Gasteiger charge is -2.14. The van der Waals surface area contributed by atoms with E-state index in [1.54, 1.807) is 49.4 Å². The largest absolute Gasteiger partial charge is 0.504 e. The third-order valence-corrected chi connectivity index (χ3v) is 6.43. The lowest BCUT2D eigenvalue weighted by Crippen LogP contribution is -2.22. The Morgan fingerprint density at radius 3 is 2.29 bits per heavy atom. The van der Waals surface area contributed by atoms with E-state index in [0.29, 0.717) is 28.3 Å². The molecule has 3 aromatic carbocycles. The van der Waals surface area contributed by atoms with Crippen LogP contribution in [0.4, 0.5) is 16.2 Å². The van der Waals surface area contributed by atoms with Gasteiger partial charge in [-0.15, -0.1) is 0 Å². The molecular weight excluding hydrogens is 566 g/mol. The predicted molar refractivity (Wildman–Crippen MR) is 157 cm³/mol. The molecule has 0 aliphatic heterocycles. The van der Waals surface area contributed by atoms with E-state index in [1.807, 2.05) is 0 Å². The third-order valence-electron chi connectivity index (χ3n) is 6.15. The highest BCUT2D eigenvalue weighted by molar-refractivity contribution is 6.31. The quantitative estimate of drug-likeness (QED) is 0.197. The van der Waals surface area contributed by atoms with E-state index in [1.165, 1.54) is 50.2 Å². The number of carbonyl (C=O) groups is 3. The summed E-state index contributed by atoms with van der Waals surface area (Å²) in [5.74, 6) is -0.687. The summed E-state index contributed by atoms with van der Waals surface area (Å²) in [5, 5.41) is 15.9. The maximum Gasteiger partial charge on any atom is 0.357 e. The van der Waals surface area contributed by atoms with Crippen LogP contribution < -0.4 is 20.1 Å². The van der Waals surface area contributed by atoms with Crippen LogP contribution in [0.5, 0.6) is 17.2 Å². The number of anilines is 2. The van der Waals surface area contributed by atoms with Crippen molar-refractivity contribution in [3.63, 3.8) is 0 Å². The number of aromatic nitrogens is 1. The van der Waals surface area contributed by atoms with Gasteiger partial charge in [0.25, 0.3) is 0 Å².